The fourth-order valence-electron chi connectivity index (χ4n) is 1.76. The van der Waals surface area contributed by atoms with E-state index in [0.29, 0.717) is 11.1 Å². The lowest BCUT2D eigenvalue weighted by molar-refractivity contribution is -0.135. The summed E-state index contributed by atoms with van der Waals surface area (Å²) < 4.78 is 62.1. The zero-order valence-corrected chi connectivity index (χ0v) is 12.2. The van der Waals surface area contributed by atoms with Crippen LogP contribution in [0.15, 0.2) is 23.1 Å². The second-order valence-electron chi connectivity index (χ2n) is 4.56. The Bertz CT molecular complexity index is 634. The summed E-state index contributed by atoms with van der Waals surface area (Å²) in [7, 11) is -3.77. The highest BCUT2D eigenvalue weighted by Gasteiger charge is 2.26. The number of nitrogens with one attached hydrogen (secondary N) is 1. The van der Waals surface area contributed by atoms with E-state index in [-0.39, 0.29) is 24.3 Å². The van der Waals surface area contributed by atoms with Gasteiger partial charge in [0.15, 0.2) is 0 Å². The molecule has 4 nitrogen and oxygen atoms in total. The summed E-state index contributed by atoms with van der Waals surface area (Å²) in [5.41, 5.74) is 0.758. The lowest BCUT2D eigenvalue weighted by atomic mass is 10.2. The van der Waals surface area contributed by atoms with Gasteiger partial charge in [0, 0.05) is 13.0 Å². The molecule has 1 N–H and O–H groups in total. The number of hydrogen-bond donors (Lipinski definition) is 1. The fraction of sp³-hybridized carbons (Fsp3) is 0.462. The molecule has 0 bridgehead atoms. The lowest BCUT2D eigenvalue weighted by Crippen LogP contribution is -2.25. The first-order valence-electron chi connectivity index (χ1n) is 6.23. The van der Waals surface area contributed by atoms with Crippen LogP contribution in [-0.4, -0.2) is 21.1 Å². The quantitative estimate of drug-likeness (QED) is 0.819. The summed E-state index contributed by atoms with van der Waals surface area (Å²) in [4.78, 5) is 0.0253. The van der Waals surface area contributed by atoms with E-state index in [1.165, 1.54) is 18.2 Å². The Morgan fingerprint density at radius 3 is 2.48 bits per heavy atom. The van der Waals surface area contributed by atoms with Crippen LogP contribution in [0.4, 0.5) is 13.2 Å². The summed E-state index contributed by atoms with van der Waals surface area (Å²) in [5.74, 6) is 0. The topological polar surface area (TPSA) is 70.0 Å². The van der Waals surface area contributed by atoms with Crippen molar-refractivity contribution in [2.24, 2.45) is 0 Å². The summed E-state index contributed by atoms with van der Waals surface area (Å²) in [6.45, 7) is 1.50. The van der Waals surface area contributed by atoms with Gasteiger partial charge in [-0.05, 0) is 43.5 Å². The van der Waals surface area contributed by atoms with Crippen molar-refractivity contribution in [1.29, 1.82) is 5.26 Å². The Kier molecular flexibility index (Phi) is 5.75. The maximum Gasteiger partial charge on any atom is 0.389 e. The highest BCUT2D eigenvalue weighted by Crippen LogP contribution is 2.22. The van der Waals surface area contributed by atoms with Gasteiger partial charge in [-0.25, -0.2) is 13.1 Å². The van der Waals surface area contributed by atoms with E-state index in [1.54, 1.807) is 6.92 Å². The summed E-state index contributed by atoms with van der Waals surface area (Å²) in [5, 5.41) is 8.71. The first kappa shape index (κ1) is 17.5. The summed E-state index contributed by atoms with van der Waals surface area (Å²) >= 11 is 0. The molecule has 0 aliphatic carbocycles. The lowest BCUT2D eigenvalue weighted by Gasteiger charge is -2.10. The largest absolute Gasteiger partial charge is 0.389 e. The number of halogens is 3. The molecule has 0 aliphatic heterocycles. The van der Waals surface area contributed by atoms with E-state index in [4.69, 9.17) is 5.26 Å². The van der Waals surface area contributed by atoms with Gasteiger partial charge in [0.1, 0.15) is 0 Å². The minimum absolute atomic E-state index is 0.0253. The number of hydrogen-bond acceptors (Lipinski definition) is 3. The van der Waals surface area contributed by atoms with Crippen molar-refractivity contribution in [2.75, 3.05) is 6.54 Å². The van der Waals surface area contributed by atoms with Crippen molar-refractivity contribution < 1.29 is 21.6 Å². The van der Waals surface area contributed by atoms with E-state index in [0.717, 1.165) is 0 Å². The Labute approximate surface area is 121 Å². The van der Waals surface area contributed by atoms with Gasteiger partial charge in [0.2, 0.25) is 10.0 Å². The van der Waals surface area contributed by atoms with Crippen molar-refractivity contribution >= 4 is 10.0 Å². The molecule has 116 valence electrons. The smallest absolute Gasteiger partial charge is 0.211 e. The highest BCUT2D eigenvalue weighted by molar-refractivity contribution is 7.89. The molecule has 1 rings (SSSR count). The fourth-order valence-corrected chi connectivity index (χ4v) is 3.05. The second-order valence-corrected chi connectivity index (χ2v) is 6.30. The van der Waals surface area contributed by atoms with Crippen LogP contribution in [0.2, 0.25) is 0 Å². The monoisotopic (exact) mass is 320 g/mol. The number of alkyl halides is 3. The van der Waals surface area contributed by atoms with Crippen LogP contribution in [0.3, 0.4) is 0 Å². The number of benzene rings is 1. The molecule has 0 saturated heterocycles. The molecular formula is C13H15F3N2O2S. The average Bonchev–Trinajstić information content (AvgIpc) is 2.36. The maximum atomic E-state index is 12.0. The zero-order valence-electron chi connectivity index (χ0n) is 11.4. The van der Waals surface area contributed by atoms with Crippen molar-refractivity contribution in [3.05, 3.63) is 29.3 Å². The number of aryl methyl sites for hydroxylation is 1. The van der Waals surface area contributed by atoms with Crippen LogP contribution in [0.1, 0.15) is 30.4 Å². The van der Waals surface area contributed by atoms with Crippen LogP contribution < -0.4 is 4.72 Å². The molecule has 0 aromatic heterocycles. The third kappa shape index (κ3) is 5.73. The SMILES string of the molecule is Cc1cc(C#N)ccc1S(=O)(=O)NCCCCC(F)(F)F. The van der Waals surface area contributed by atoms with Crippen LogP contribution >= 0.6 is 0 Å². The van der Waals surface area contributed by atoms with Crippen LogP contribution in [0, 0.1) is 18.3 Å². The predicted molar refractivity (Wildman–Crippen MR) is 71.0 cm³/mol. The van der Waals surface area contributed by atoms with Crippen molar-refractivity contribution in [3.63, 3.8) is 0 Å². The van der Waals surface area contributed by atoms with Gasteiger partial charge in [-0.15, -0.1) is 0 Å². The van der Waals surface area contributed by atoms with Crippen molar-refractivity contribution in [1.82, 2.24) is 4.72 Å². The molecular weight excluding hydrogens is 305 g/mol. The van der Waals surface area contributed by atoms with Gasteiger partial charge in [0.05, 0.1) is 16.5 Å². The van der Waals surface area contributed by atoms with Crippen molar-refractivity contribution in [3.8, 4) is 6.07 Å². The van der Waals surface area contributed by atoms with Gasteiger partial charge in [-0.1, -0.05) is 0 Å². The van der Waals surface area contributed by atoms with E-state index < -0.39 is 22.6 Å². The van der Waals surface area contributed by atoms with Gasteiger partial charge >= 0.3 is 6.18 Å². The maximum absolute atomic E-state index is 12.0. The van der Waals surface area contributed by atoms with E-state index in [9.17, 15) is 21.6 Å². The molecule has 0 radical (unpaired) electrons. The Morgan fingerprint density at radius 1 is 1.29 bits per heavy atom. The normalized spacial score (nSPS) is 12.1. The minimum Gasteiger partial charge on any atom is -0.211 e. The zero-order chi connectivity index (χ0) is 16.1. The third-order valence-corrected chi connectivity index (χ3v) is 4.39. The summed E-state index contributed by atoms with van der Waals surface area (Å²) in [6, 6.07) is 6.03. The van der Waals surface area contributed by atoms with Gasteiger partial charge < -0.3 is 0 Å². The Balaban J connectivity index is 2.61. The molecule has 0 atom stereocenters. The third-order valence-electron chi connectivity index (χ3n) is 2.77. The predicted octanol–water partition coefficient (Wildman–Crippen LogP) is 2.88. The molecule has 0 fully saturated rings. The van der Waals surface area contributed by atoms with Gasteiger partial charge in [-0.2, -0.15) is 18.4 Å². The molecule has 21 heavy (non-hydrogen) atoms. The average molecular weight is 320 g/mol. The standard InChI is InChI=1S/C13H15F3N2O2S/c1-10-8-11(9-17)4-5-12(10)21(19,20)18-7-3-2-6-13(14,15)16/h4-5,8,18H,2-3,6-7H2,1H3. The minimum atomic E-state index is -4.22. The van der Waals surface area contributed by atoms with E-state index >= 15 is 0 Å². The first-order chi connectivity index (χ1) is 9.65. The Morgan fingerprint density at radius 2 is 1.95 bits per heavy atom. The molecule has 0 amide bonds. The molecule has 1 aromatic rings. The van der Waals surface area contributed by atoms with Crippen molar-refractivity contribution in [2.45, 2.75) is 37.3 Å². The number of sulfonamides is 1. The molecule has 0 heterocycles. The molecule has 8 heteroatoms. The molecule has 0 aliphatic rings. The van der Waals surface area contributed by atoms with Gasteiger partial charge in [-0.3, -0.25) is 0 Å². The first-order valence-corrected chi connectivity index (χ1v) is 7.71. The van der Waals surface area contributed by atoms with Crippen LogP contribution in [-0.2, 0) is 10.0 Å². The Hall–Kier alpha value is -1.59. The number of rotatable bonds is 6. The highest BCUT2D eigenvalue weighted by atomic mass is 32.2. The van der Waals surface area contributed by atoms with Crippen LogP contribution in [0.5, 0.6) is 0 Å². The van der Waals surface area contributed by atoms with E-state index in [1.807, 2.05) is 6.07 Å². The molecule has 0 spiro atoms. The molecule has 1 aromatic carbocycles. The summed E-state index contributed by atoms with van der Waals surface area (Å²) in [6.07, 6.45) is -5.17. The number of nitrogens with zero attached hydrogens (tertiary/aromatic N) is 1. The molecule has 0 unspecified atom stereocenters. The number of nitriles is 1. The van der Waals surface area contributed by atoms with Crippen LogP contribution in [0.25, 0.3) is 0 Å². The van der Waals surface area contributed by atoms with Gasteiger partial charge in [0.25, 0.3) is 0 Å². The second kappa shape index (κ2) is 6.91. The van der Waals surface area contributed by atoms with E-state index in [2.05, 4.69) is 4.72 Å². The number of unbranched alkanes of at least 4 members (excludes halogenated alkanes) is 1. The molecule has 0 saturated carbocycles.